The highest BCUT2D eigenvalue weighted by Crippen LogP contribution is 2.35. The molecule has 106 valence electrons. The number of hydrogen-bond acceptors (Lipinski definition) is 2. The summed E-state index contributed by atoms with van der Waals surface area (Å²) in [4.78, 5) is 0. The fourth-order valence-electron chi connectivity index (χ4n) is 3.50. The monoisotopic (exact) mass is 253 g/mol. The predicted molar refractivity (Wildman–Crippen MR) is 76.7 cm³/mol. The van der Waals surface area contributed by atoms with E-state index in [9.17, 15) is 5.11 Å². The summed E-state index contributed by atoms with van der Waals surface area (Å²) in [5.74, 6) is 0. The second-order valence-corrected chi connectivity index (χ2v) is 7.46. The largest absolute Gasteiger partial charge is 0.389 e. The lowest BCUT2D eigenvalue weighted by molar-refractivity contribution is 0.0201. The molecule has 2 aliphatic rings. The van der Waals surface area contributed by atoms with Gasteiger partial charge in [-0.2, -0.15) is 0 Å². The minimum atomic E-state index is -0.413. The quantitative estimate of drug-likeness (QED) is 0.753. The Kier molecular flexibility index (Phi) is 4.71. The Bertz CT molecular complexity index is 244. The summed E-state index contributed by atoms with van der Waals surface area (Å²) in [7, 11) is 0. The summed E-state index contributed by atoms with van der Waals surface area (Å²) in [6.45, 7) is 5.57. The molecule has 0 radical (unpaired) electrons. The van der Waals surface area contributed by atoms with Gasteiger partial charge in [0.05, 0.1) is 5.60 Å². The summed E-state index contributed by atoms with van der Waals surface area (Å²) < 4.78 is 0. The molecular weight excluding hydrogens is 222 g/mol. The molecule has 0 saturated heterocycles. The van der Waals surface area contributed by atoms with E-state index in [0.29, 0.717) is 11.5 Å². The van der Waals surface area contributed by atoms with Crippen LogP contribution in [0.25, 0.3) is 0 Å². The van der Waals surface area contributed by atoms with E-state index < -0.39 is 5.60 Å². The van der Waals surface area contributed by atoms with E-state index in [1.807, 2.05) is 0 Å². The van der Waals surface area contributed by atoms with Gasteiger partial charge in [0, 0.05) is 12.6 Å². The van der Waals surface area contributed by atoms with E-state index in [1.165, 1.54) is 51.4 Å². The maximum atomic E-state index is 10.6. The molecule has 2 saturated carbocycles. The molecule has 0 heterocycles. The topological polar surface area (TPSA) is 32.3 Å². The summed E-state index contributed by atoms with van der Waals surface area (Å²) in [5.41, 5.74) is 0.126. The van der Waals surface area contributed by atoms with Gasteiger partial charge >= 0.3 is 0 Å². The van der Waals surface area contributed by atoms with Crippen molar-refractivity contribution in [3.05, 3.63) is 0 Å². The minimum absolute atomic E-state index is 0.413. The van der Waals surface area contributed by atoms with Crippen LogP contribution in [0.1, 0.15) is 78.1 Å². The Morgan fingerprint density at radius 1 is 0.944 bits per heavy atom. The van der Waals surface area contributed by atoms with Crippen molar-refractivity contribution in [2.24, 2.45) is 5.41 Å². The standard InChI is InChI=1S/C16H31NO/c1-15(2)11-7-14(8-12-15)17-13-16(18)9-5-3-4-6-10-16/h14,17-18H,3-13H2,1-2H3. The van der Waals surface area contributed by atoms with Crippen LogP contribution in [0.4, 0.5) is 0 Å². The van der Waals surface area contributed by atoms with Crippen LogP contribution in [0.3, 0.4) is 0 Å². The Labute approximate surface area is 113 Å². The van der Waals surface area contributed by atoms with Crippen LogP contribution >= 0.6 is 0 Å². The van der Waals surface area contributed by atoms with Crippen molar-refractivity contribution in [1.29, 1.82) is 0 Å². The molecule has 0 atom stereocenters. The summed E-state index contributed by atoms with van der Waals surface area (Å²) in [6, 6.07) is 0.644. The van der Waals surface area contributed by atoms with Gasteiger partial charge in [-0.3, -0.25) is 0 Å². The zero-order valence-electron chi connectivity index (χ0n) is 12.3. The lowest BCUT2D eigenvalue weighted by Crippen LogP contribution is -2.45. The number of rotatable bonds is 3. The van der Waals surface area contributed by atoms with E-state index in [1.54, 1.807) is 0 Å². The van der Waals surface area contributed by atoms with Gasteiger partial charge in [0.25, 0.3) is 0 Å². The van der Waals surface area contributed by atoms with Crippen LogP contribution in [-0.2, 0) is 0 Å². The van der Waals surface area contributed by atoms with Crippen molar-refractivity contribution < 1.29 is 5.11 Å². The maximum absolute atomic E-state index is 10.6. The third kappa shape index (κ3) is 4.24. The van der Waals surface area contributed by atoms with Gasteiger partial charge in [-0.1, -0.05) is 39.5 Å². The van der Waals surface area contributed by atoms with Crippen molar-refractivity contribution in [2.75, 3.05) is 6.54 Å². The zero-order valence-corrected chi connectivity index (χ0v) is 12.3. The maximum Gasteiger partial charge on any atom is 0.0771 e. The molecule has 2 nitrogen and oxygen atoms in total. The Morgan fingerprint density at radius 3 is 2.06 bits per heavy atom. The van der Waals surface area contributed by atoms with Crippen molar-refractivity contribution in [1.82, 2.24) is 5.32 Å². The first kappa shape index (κ1) is 14.3. The third-order valence-electron chi connectivity index (χ3n) is 5.09. The molecule has 0 bridgehead atoms. The van der Waals surface area contributed by atoms with Gasteiger partial charge in [-0.05, 0) is 43.9 Å². The van der Waals surface area contributed by atoms with Gasteiger partial charge in [0.2, 0.25) is 0 Å². The van der Waals surface area contributed by atoms with Crippen LogP contribution in [0.15, 0.2) is 0 Å². The summed E-state index contributed by atoms with van der Waals surface area (Å²) in [6.07, 6.45) is 12.2. The fourth-order valence-corrected chi connectivity index (χ4v) is 3.50. The molecule has 2 rings (SSSR count). The van der Waals surface area contributed by atoms with Gasteiger partial charge in [0.1, 0.15) is 0 Å². The fraction of sp³-hybridized carbons (Fsp3) is 1.00. The van der Waals surface area contributed by atoms with E-state index >= 15 is 0 Å². The molecule has 0 aromatic heterocycles. The smallest absolute Gasteiger partial charge is 0.0771 e. The molecule has 0 amide bonds. The van der Waals surface area contributed by atoms with Crippen LogP contribution in [0, 0.1) is 5.41 Å². The summed E-state index contributed by atoms with van der Waals surface area (Å²) in [5, 5.41) is 14.3. The zero-order chi connectivity index (χ0) is 13.1. The van der Waals surface area contributed by atoms with Crippen molar-refractivity contribution in [2.45, 2.75) is 89.7 Å². The van der Waals surface area contributed by atoms with Crippen molar-refractivity contribution in [3.8, 4) is 0 Å². The lowest BCUT2D eigenvalue weighted by Gasteiger charge is -2.36. The molecule has 0 unspecified atom stereocenters. The predicted octanol–water partition coefficient (Wildman–Crippen LogP) is 3.63. The van der Waals surface area contributed by atoms with Crippen molar-refractivity contribution >= 4 is 0 Å². The molecular formula is C16H31NO. The lowest BCUT2D eigenvalue weighted by atomic mass is 9.75. The first-order valence-corrected chi connectivity index (χ1v) is 7.95. The van der Waals surface area contributed by atoms with Crippen LogP contribution < -0.4 is 5.32 Å². The van der Waals surface area contributed by atoms with E-state index in [0.717, 1.165) is 19.4 Å². The second-order valence-electron chi connectivity index (χ2n) is 7.46. The van der Waals surface area contributed by atoms with Gasteiger partial charge in [0.15, 0.2) is 0 Å². The number of nitrogens with one attached hydrogen (secondary N) is 1. The van der Waals surface area contributed by atoms with Gasteiger partial charge in [-0.25, -0.2) is 0 Å². The Morgan fingerprint density at radius 2 is 1.50 bits per heavy atom. The van der Waals surface area contributed by atoms with E-state index in [-0.39, 0.29) is 0 Å². The highest BCUT2D eigenvalue weighted by Gasteiger charge is 2.31. The molecule has 2 heteroatoms. The van der Waals surface area contributed by atoms with Crippen LogP contribution in [-0.4, -0.2) is 23.3 Å². The van der Waals surface area contributed by atoms with Gasteiger partial charge < -0.3 is 10.4 Å². The Hall–Kier alpha value is -0.0800. The first-order chi connectivity index (χ1) is 8.49. The third-order valence-corrected chi connectivity index (χ3v) is 5.09. The van der Waals surface area contributed by atoms with E-state index in [4.69, 9.17) is 0 Å². The first-order valence-electron chi connectivity index (χ1n) is 7.95. The molecule has 2 N–H and O–H groups in total. The van der Waals surface area contributed by atoms with Crippen LogP contribution in [0.2, 0.25) is 0 Å². The molecule has 2 aliphatic carbocycles. The average Bonchev–Trinajstić information content (AvgIpc) is 2.53. The molecule has 0 aromatic carbocycles. The molecule has 0 aliphatic heterocycles. The molecule has 2 fully saturated rings. The van der Waals surface area contributed by atoms with Crippen LogP contribution in [0.5, 0.6) is 0 Å². The van der Waals surface area contributed by atoms with Gasteiger partial charge in [-0.15, -0.1) is 0 Å². The molecule has 0 aromatic rings. The normalized spacial score (nSPS) is 28.8. The second kappa shape index (κ2) is 5.92. The minimum Gasteiger partial charge on any atom is -0.389 e. The SMILES string of the molecule is CC1(C)CCC(NCC2(O)CCCCCC2)CC1. The van der Waals surface area contributed by atoms with E-state index in [2.05, 4.69) is 19.2 Å². The molecule has 0 spiro atoms. The Balaban J connectivity index is 1.74. The number of hydrogen-bond donors (Lipinski definition) is 2. The van der Waals surface area contributed by atoms with Crippen molar-refractivity contribution in [3.63, 3.8) is 0 Å². The number of aliphatic hydroxyl groups is 1. The highest BCUT2D eigenvalue weighted by atomic mass is 16.3. The molecule has 18 heavy (non-hydrogen) atoms. The summed E-state index contributed by atoms with van der Waals surface area (Å²) >= 11 is 0. The highest BCUT2D eigenvalue weighted by molar-refractivity contribution is 4.87. The average molecular weight is 253 g/mol.